The molecule has 2 heterocycles. The van der Waals surface area contributed by atoms with E-state index in [0.717, 1.165) is 32.8 Å². The molecule has 0 bridgehead atoms. The molecule has 2 N–H and O–H groups in total. The minimum absolute atomic E-state index is 0.128. The Morgan fingerprint density at radius 2 is 2.04 bits per heavy atom. The van der Waals surface area contributed by atoms with E-state index in [2.05, 4.69) is 47.1 Å². The molecule has 1 aromatic rings. The molecule has 1 aromatic carbocycles. The molecule has 2 fully saturated rings. The Bertz CT molecular complexity index is 493. The van der Waals surface area contributed by atoms with Crippen molar-refractivity contribution in [2.45, 2.75) is 50.8 Å². The van der Waals surface area contributed by atoms with Crippen LogP contribution in [-0.4, -0.2) is 60.8 Å². The first-order valence-corrected chi connectivity index (χ1v) is 9.59. The largest absolute Gasteiger partial charge is 0.377 e. The molecule has 2 saturated heterocycles. The number of hydrogen-bond acceptors (Lipinski definition) is 4. The van der Waals surface area contributed by atoms with Gasteiger partial charge in [-0.25, -0.2) is 0 Å². The van der Waals surface area contributed by atoms with Gasteiger partial charge in [-0.05, 0) is 51.3 Å². The average Bonchev–Trinajstić information content (AvgIpc) is 2.63. The lowest BCUT2D eigenvalue weighted by atomic mass is 9.85. The van der Waals surface area contributed by atoms with E-state index >= 15 is 0 Å². The quantitative estimate of drug-likeness (QED) is 0.869. The predicted molar refractivity (Wildman–Crippen MR) is 99.0 cm³/mol. The fourth-order valence-electron chi connectivity index (χ4n) is 4.48. The molecule has 0 aliphatic carbocycles. The summed E-state index contributed by atoms with van der Waals surface area (Å²) in [6.45, 7) is 9.16. The standard InChI is InChI=1S/C20H33N3O/c1-2-24-19-10-6-13-23(15-19)20(16-21)11-7-12-22(17-20)14-18-8-4-3-5-9-18/h3-5,8-9,19H,2,6-7,10-17,21H2,1H3. The normalized spacial score (nSPS) is 29.7. The van der Waals surface area contributed by atoms with Gasteiger partial charge in [0.05, 0.1) is 6.10 Å². The highest BCUT2D eigenvalue weighted by Crippen LogP contribution is 2.31. The number of ether oxygens (including phenoxy) is 1. The molecule has 0 saturated carbocycles. The zero-order chi connectivity index (χ0) is 16.8. The average molecular weight is 332 g/mol. The van der Waals surface area contributed by atoms with Crippen molar-refractivity contribution in [1.82, 2.24) is 9.80 Å². The van der Waals surface area contributed by atoms with E-state index in [1.54, 1.807) is 0 Å². The first-order chi connectivity index (χ1) is 11.8. The summed E-state index contributed by atoms with van der Waals surface area (Å²) in [5.74, 6) is 0. The Balaban J connectivity index is 1.67. The molecule has 134 valence electrons. The Morgan fingerprint density at radius 1 is 1.21 bits per heavy atom. The Morgan fingerprint density at radius 3 is 2.79 bits per heavy atom. The fourth-order valence-corrected chi connectivity index (χ4v) is 4.48. The number of nitrogens with two attached hydrogens (primary N) is 1. The van der Waals surface area contributed by atoms with Crippen LogP contribution < -0.4 is 5.73 Å². The molecule has 4 heteroatoms. The van der Waals surface area contributed by atoms with Crippen LogP contribution in [0.3, 0.4) is 0 Å². The van der Waals surface area contributed by atoms with Crippen molar-refractivity contribution in [2.24, 2.45) is 5.73 Å². The molecule has 2 atom stereocenters. The number of rotatable bonds is 6. The summed E-state index contributed by atoms with van der Waals surface area (Å²) in [7, 11) is 0. The third kappa shape index (κ3) is 4.17. The van der Waals surface area contributed by atoms with Crippen LogP contribution in [-0.2, 0) is 11.3 Å². The minimum Gasteiger partial charge on any atom is -0.377 e. The maximum atomic E-state index is 6.33. The summed E-state index contributed by atoms with van der Waals surface area (Å²) < 4.78 is 5.92. The number of nitrogens with zero attached hydrogens (tertiary/aromatic N) is 2. The van der Waals surface area contributed by atoms with Gasteiger partial charge in [-0.1, -0.05) is 30.3 Å². The fraction of sp³-hybridized carbons (Fsp3) is 0.700. The monoisotopic (exact) mass is 331 g/mol. The van der Waals surface area contributed by atoms with E-state index in [1.165, 1.54) is 44.3 Å². The molecule has 3 rings (SSSR count). The zero-order valence-electron chi connectivity index (χ0n) is 15.1. The molecular weight excluding hydrogens is 298 g/mol. The Labute approximate surface area is 147 Å². The lowest BCUT2D eigenvalue weighted by Crippen LogP contribution is -2.64. The number of likely N-dealkylation sites (tertiary alicyclic amines) is 2. The highest BCUT2D eigenvalue weighted by atomic mass is 16.5. The van der Waals surface area contributed by atoms with Gasteiger partial charge in [0.15, 0.2) is 0 Å². The summed E-state index contributed by atoms with van der Waals surface area (Å²) in [6.07, 6.45) is 5.26. The van der Waals surface area contributed by atoms with E-state index in [0.29, 0.717) is 6.10 Å². The molecule has 0 radical (unpaired) electrons. The second-order valence-electron chi connectivity index (χ2n) is 7.39. The van der Waals surface area contributed by atoms with E-state index in [4.69, 9.17) is 10.5 Å². The third-order valence-electron chi connectivity index (χ3n) is 5.71. The molecule has 0 aromatic heterocycles. The molecule has 0 spiro atoms. The highest BCUT2D eigenvalue weighted by Gasteiger charge is 2.41. The summed E-state index contributed by atoms with van der Waals surface area (Å²) in [4.78, 5) is 5.24. The van der Waals surface area contributed by atoms with Crippen LogP contribution in [0.4, 0.5) is 0 Å². The van der Waals surface area contributed by atoms with Gasteiger partial charge < -0.3 is 10.5 Å². The number of hydrogen-bond donors (Lipinski definition) is 1. The van der Waals surface area contributed by atoms with Crippen molar-refractivity contribution in [2.75, 3.05) is 39.3 Å². The lowest BCUT2D eigenvalue weighted by molar-refractivity contribution is -0.0561. The van der Waals surface area contributed by atoms with Gasteiger partial charge in [-0.15, -0.1) is 0 Å². The second kappa shape index (κ2) is 8.43. The zero-order valence-corrected chi connectivity index (χ0v) is 15.1. The number of piperidine rings is 2. The molecule has 0 amide bonds. The smallest absolute Gasteiger partial charge is 0.0702 e. The van der Waals surface area contributed by atoms with Crippen molar-refractivity contribution in [3.8, 4) is 0 Å². The van der Waals surface area contributed by atoms with Crippen LogP contribution in [0.5, 0.6) is 0 Å². The molecule has 4 nitrogen and oxygen atoms in total. The Hall–Kier alpha value is -0.940. The first-order valence-electron chi connectivity index (χ1n) is 9.59. The van der Waals surface area contributed by atoms with Crippen LogP contribution >= 0.6 is 0 Å². The maximum absolute atomic E-state index is 6.33. The topological polar surface area (TPSA) is 41.7 Å². The molecule has 2 aliphatic rings. The molecule has 2 unspecified atom stereocenters. The summed E-state index contributed by atoms with van der Waals surface area (Å²) in [5, 5.41) is 0. The van der Waals surface area contributed by atoms with E-state index in [1.807, 2.05) is 0 Å². The molecule has 24 heavy (non-hydrogen) atoms. The summed E-state index contributed by atoms with van der Waals surface area (Å²) >= 11 is 0. The van der Waals surface area contributed by atoms with Crippen LogP contribution in [0, 0.1) is 0 Å². The van der Waals surface area contributed by atoms with Crippen LogP contribution in [0.25, 0.3) is 0 Å². The predicted octanol–water partition coefficient (Wildman–Crippen LogP) is 2.48. The van der Waals surface area contributed by atoms with Crippen LogP contribution in [0.2, 0.25) is 0 Å². The highest BCUT2D eigenvalue weighted by molar-refractivity contribution is 5.15. The Kier molecular flexibility index (Phi) is 6.28. The lowest BCUT2D eigenvalue weighted by Gasteiger charge is -2.51. The molecule has 2 aliphatic heterocycles. The maximum Gasteiger partial charge on any atom is 0.0702 e. The van der Waals surface area contributed by atoms with Crippen molar-refractivity contribution in [1.29, 1.82) is 0 Å². The van der Waals surface area contributed by atoms with E-state index < -0.39 is 0 Å². The summed E-state index contributed by atoms with van der Waals surface area (Å²) in [5.41, 5.74) is 7.86. The summed E-state index contributed by atoms with van der Waals surface area (Å²) in [6, 6.07) is 10.8. The van der Waals surface area contributed by atoms with Crippen LogP contribution in [0.1, 0.15) is 38.2 Å². The van der Waals surface area contributed by atoms with Crippen molar-refractivity contribution < 1.29 is 4.74 Å². The van der Waals surface area contributed by atoms with E-state index in [9.17, 15) is 0 Å². The van der Waals surface area contributed by atoms with Crippen molar-refractivity contribution in [3.63, 3.8) is 0 Å². The number of benzene rings is 1. The van der Waals surface area contributed by atoms with Crippen molar-refractivity contribution >= 4 is 0 Å². The van der Waals surface area contributed by atoms with E-state index in [-0.39, 0.29) is 5.54 Å². The van der Waals surface area contributed by atoms with Gasteiger partial charge in [0.25, 0.3) is 0 Å². The third-order valence-corrected chi connectivity index (χ3v) is 5.71. The second-order valence-corrected chi connectivity index (χ2v) is 7.39. The minimum atomic E-state index is 0.128. The first kappa shape index (κ1) is 17.9. The molecular formula is C20H33N3O. The van der Waals surface area contributed by atoms with Gasteiger partial charge >= 0.3 is 0 Å². The van der Waals surface area contributed by atoms with Crippen molar-refractivity contribution in [3.05, 3.63) is 35.9 Å². The van der Waals surface area contributed by atoms with Gasteiger partial charge in [0, 0.05) is 38.3 Å². The van der Waals surface area contributed by atoms with Gasteiger partial charge in [0.2, 0.25) is 0 Å². The van der Waals surface area contributed by atoms with Crippen LogP contribution in [0.15, 0.2) is 30.3 Å². The van der Waals surface area contributed by atoms with Gasteiger partial charge in [-0.3, -0.25) is 9.80 Å². The van der Waals surface area contributed by atoms with Gasteiger partial charge in [-0.2, -0.15) is 0 Å². The van der Waals surface area contributed by atoms with Gasteiger partial charge in [0.1, 0.15) is 0 Å². The SMILES string of the molecule is CCOC1CCCN(C2(CN)CCCN(Cc3ccccc3)C2)C1.